The van der Waals surface area contributed by atoms with Crippen molar-refractivity contribution < 1.29 is 17.9 Å². The van der Waals surface area contributed by atoms with E-state index in [1.807, 2.05) is 19.9 Å². The highest BCUT2D eigenvalue weighted by atomic mass is 32.2. The van der Waals surface area contributed by atoms with Crippen LogP contribution in [-0.4, -0.2) is 21.4 Å². The Hall–Kier alpha value is -1.90. The van der Waals surface area contributed by atoms with Gasteiger partial charge < -0.3 is 10.1 Å². The third kappa shape index (κ3) is 3.90. The lowest BCUT2D eigenvalue weighted by Gasteiger charge is -2.11. The number of carbonyl (C=O) groups is 1. The number of ether oxygens (including phenoxy) is 1. The first-order valence-electron chi connectivity index (χ1n) is 6.87. The van der Waals surface area contributed by atoms with E-state index in [4.69, 9.17) is 9.88 Å². The van der Waals surface area contributed by atoms with E-state index >= 15 is 0 Å². The first kappa shape index (κ1) is 17.5. The fraction of sp³-hybridized carbons (Fsp3) is 0.267. The van der Waals surface area contributed by atoms with Crippen molar-refractivity contribution in [3.8, 4) is 5.75 Å². The zero-order valence-corrected chi connectivity index (χ0v) is 14.7. The summed E-state index contributed by atoms with van der Waals surface area (Å²) in [5, 5.41) is 7.80. The van der Waals surface area contributed by atoms with Crippen LogP contribution in [0.3, 0.4) is 0 Å². The molecule has 0 aliphatic carbocycles. The number of anilines is 1. The number of carbonyl (C=O) groups excluding carboxylic acids is 1. The van der Waals surface area contributed by atoms with Gasteiger partial charge in [0.05, 0.1) is 22.6 Å². The monoisotopic (exact) mass is 354 g/mol. The Morgan fingerprint density at radius 1 is 1.35 bits per heavy atom. The highest BCUT2D eigenvalue weighted by Gasteiger charge is 2.16. The number of hydrogen-bond donors (Lipinski definition) is 2. The molecule has 0 aliphatic rings. The van der Waals surface area contributed by atoms with Crippen LogP contribution in [0.2, 0.25) is 0 Å². The van der Waals surface area contributed by atoms with E-state index in [1.54, 1.807) is 0 Å². The lowest BCUT2D eigenvalue weighted by atomic mass is 10.2. The summed E-state index contributed by atoms with van der Waals surface area (Å²) in [6.45, 7) is 3.98. The van der Waals surface area contributed by atoms with E-state index in [0.29, 0.717) is 10.6 Å². The number of amides is 1. The quantitative estimate of drug-likeness (QED) is 0.862. The maximum Gasteiger partial charge on any atom is 0.265 e. The average Bonchev–Trinajstić information content (AvgIpc) is 2.87. The number of hydrogen-bond acceptors (Lipinski definition) is 5. The van der Waals surface area contributed by atoms with Crippen molar-refractivity contribution in [3.63, 3.8) is 0 Å². The molecule has 0 bridgehead atoms. The van der Waals surface area contributed by atoms with Gasteiger partial charge in [-0.25, -0.2) is 13.6 Å². The standard InChI is InChI=1S/C15H18N2O4S2/c1-4-13-9(2)7-14(22-13)15(18)17-11-8-10(23(16,19)20)5-6-12(11)21-3/h5-8H,4H2,1-3H3,(H,17,18)(H2,16,19,20). The van der Waals surface area contributed by atoms with Gasteiger partial charge in [-0.05, 0) is 43.2 Å². The van der Waals surface area contributed by atoms with Crippen LogP contribution in [0.1, 0.15) is 27.0 Å². The zero-order chi connectivity index (χ0) is 17.2. The molecule has 1 amide bonds. The lowest BCUT2D eigenvalue weighted by molar-refractivity contribution is 0.103. The largest absolute Gasteiger partial charge is 0.495 e. The van der Waals surface area contributed by atoms with Gasteiger partial charge in [0.25, 0.3) is 5.91 Å². The fourth-order valence-electron chi connectivity index (χ4n) is 2.13. The van der Waals surface area contributed by atoms with E-state index in [2.05, 4.69) is 5.32 Å². The normalized spacial score (nSPS) is 11.3. The van der Waals surface area contributed by atoms with Crippen molar-refractivity contribution in [2.75, 3.05) is 12.4 Å². The van der Waals surface area contributed by atoms with Gasteiger partial charge in [-0.15, -0.1) is 11.3 Å². The Morgan fingerprint density at radius 3 is 2.57 bits per heavy atom. The molecule has 1 heterocycles. The third-order valence-electron chi connectivity index (χ3n) is 3.31. The SMILES string of the molecule is CCc1sc(C(=O)Nc2cc(S(N)(=O)=O)ccc2OC)cc1C. The molecule has 0 aliphatic heterocycles. The molecule has 0 unspecified atom stereocenters. The summed E-state index contributed by atoms with van der Waals surface area (Å²) in [6, 6.07) is 5.88. The maximum atomic E-state index is 12.4. The molecule has 2 rings (SSSR count). The van der Waals surface area contributed by atoms with Crippen LogP contribution in [0, 0.1) is 6.92 Å². The number of thiophene rings is 1. The summed E-state index contributed by atoms with van der Waals surface area (Å²) < 4.78 is 28.1. The van der Waals surface area contributed by atoms with E-state index in [1.165, 1.54) is 36.6 Å². The summed E-state index contributed by atoms with van der Waals surface area (Å²) in [5.41, 5.74) is 1.32. The number of benzene rings is 1. The highest BCUT2D eigenvalue weighted by molar-refractivity contribution is 7.89. The van der Waals surface area contributed by atoms with Crippen LogP contribution < -0.4 is 15.2 Å². The van der Waals surface area contributed by atoms with Gasteiger partial charge in [-0.1, -0.05) is 6.92 Å². The highest BCUT2D eigenvalue weighted by Crippen LogP contribution is 2.29. The smallest absolute Gasteiger partial charge is 0.265 e. The molecule has 6 nitrogen and oxygen atoms in total. The summed E-state index contributed by atoms with van der Waals surface area (Å²) >= 11 is 1.41. The van der Waals surface area contributed by atoms with Crippen molar-refractivity contribution >= 4 is 33.0 Å². The van der Waals surface area contributed by atoms with E-state index < -0.39 is 10.0 Å². The Morgan fingerprint density at radius 2 is 2.04 bits per heavy atom. The Bertz CT molecular complexity index is 841. The predicted octanol–water partition coefficient (Wildman–Crippen LogP) is 2.53. The van der Waals surface area contributed by atoms with Gasteiger partial charge in [-0.2, -0.15) is 0 Å². The second-order valence-corrected chi connectivity index (χ2v) is 7.63. The Balaban J connectivity index is 2.35. The van der Waals surface area contributed by atoms with Gasteiger partial charge in [0.1, 0.15) is 5.75 Å². The molecule has 0 radical (unpaired) electrons. The summed E-state index contributed by atoms with van der Waals surface area (Å²) in [4.78, 5) is 14.0. The minimum Gasteiger partial charge on any atom is -0.495 e. The number of methoxy groups -OCH3 is 1. The molecule has 0 fully saturated rings. The van der Waals surface area contributed by atoms with Gasteiger partial charge >= 0.3 is 0 Å². The fourth-order valence-corrected chi connectivity index (χ4v) is 3.68. The van der Waals surface area contributed by atoms with E-state index in [-0.39, 0.29) is 16.5 Å². The molecule has 23 heavy (non-hydrogen) atoms. The number of nitrogens with two attached hydrogens (primary N) is 1. The molecule has 124 valence electrons. The second kappa shape index (κ2) is 6.69. The molecule has 0 saturated heterocycles. The van der Waals surface area contributed by atoms with Crippen LogP contribution in [0.4, 0.5) is 5.69 Å². The Labute approximate surface area is 139 Å². The number of rotatable bonds is 5. The Kier molecular flexibility index (Phi) is 5.08. The van der Waals surface area contributed by atoms with Gasteiger partial charge in [0.2, 0.25) is 10.0 Å². The first-order valence-corrected chi connectivity index (χ1v) is 9.24. The van der Waals surface area contributed by atoms with Crippen LogP contribution in [-0.2, 0) is 16.4 Å². The predicted molar refractivity (Wildman–Crippen MR) is 90.8 cm³/mol. The maximum absolute atomic E-state index is 12.4. The number of sulfonamides is 1. The molecule has 0 saturated carbocycles. The van der Waals surface area contributed by atoms with Crippen LogP contribution in [0.15, 0.2) is 29.2 Å². The van der Waals surface area contributed by atoms with E-state index in [9.17, 15) is 13.2 Å². The number of nitrogens with one attached hydrogen (secondary N) is 1. The summed E-state index contributed by atoms with van der Waals surface area (Å²) in [6.07, 6.45) is 0.855. The molecule has 8 heteroatoms. The molecule has 1 aromatic heterocycles. The molecule has 2 aromatic rings. The van der Waals surface area contributed by atoms with Crippen molar-refractivity contribution in [2.24, 2.45) is 5.14 Å². The minimum atomic E-state index is -3.86. The first-order chi connectivity index (χ1) is 10.8. The second-order valence-electron chi connectivity index (χ2n) is 4.93. The third-order valence-corrected chi connectivity index (χ3v) is 5.60. The topological polar surface area (TPSA) is 98.5 Å². The van der Waals surface area contributed by atoms with Crippen LogP contribution in [0.25, 0.3) is 0 Å². The van der Waals surface area contributed by atoms with Gasteiger partial charge in [0.15, 0.2) is 0 Å². The van der Waals surface area contributed by atoms with Crippen LogP contribution >= 0.6 is 11.3 Å². The molecule has 1 aromatic carbocycles. The molecular weight excluding hydrogens is 336 g/mol. The average molecular weight is 354 g/mol. The molecule has 0 atom stereocenters. The van der Waals surface area contributed by atoms with E-state index in [0.717, 1.165) is 16.9 Å². The van der Waals surface area contributed by atoms with Gasteiger partial charge in [-0.3, -0.25) is 4.79 Å². The van der Waals surface area contributed by atoms with Crippen molar-refractivity contribution in [1.82, 2.24) is 0 Å². The summed E-state index contributed by atoms with van der Waals surface area (Å²) in [7, 11) is -2.42. The zero-order valence-electron chi connectivity index (χ0n) is 13.0. The number of primary sulfonamides is 1. The summed E-state index contributed by atoms with van der Waals surface area (Å²) in [5.74, 6) is 0.0393. The van der Waals surface area contributed by atoms with Crippen molar-refractivity contribution in [3.05, 3.63) is 39.6 Å². The molecule has 3 N–H and O–H groups in total. The van der Waals surface area contributed by atoms with Crippen molar-refractivity contribution in [1.29, 1.82) is 0 Å². The van der Waals surface area contributed by atoms with Gasteiger partial charge in [0, 0.05) is 4.88 Å². The van der Waals surface area contributed by atoms with Crippen LogP contribution in [0.5, 0.6) is 5.75 Å². The molecule has 0 spiro atoms. The lowest BCUT2D eigenvalue weighted by Crippen LogP contribution is -2.15. The minimum absolute atomic E-state index is 0.0924. The van der Waals surface area contributed by atoms with Crippen molar-refractivity contribution in [2.45, 2.75) is 25.2 Å². The molecular formula is C15H18N2O4S2. The number of aryl methyl sites for hydroxylation is 2.